The maximum absolute atomic E-state index is 5.73. The summed E-state index contributed by atoms with van der Waals surface area (Å²) in [5, 5.41) is 8.19. The van der Waals surface area contributed by atoms with E-state index >= 15 is 0 Å². The highest BCUT2D eigenvalue weighted by Crippen LogP contribution is 2.26. The Balaban J connectivity index is 1.59. The van der Waals surface area contributed by atoms with Crippen LogP contribution in [0.25, 0.3) is 28.5 Å². The van der Waals surface area contributed by atoms with Crippen LogP contribution in [0, 0.1) is 0 Å². The Morgan fingerprint density at radius 2 is 1.81 bits per heavy atom. The van der Waals surface area contributed by atoms with Crippen molar-refractivity contribution in [3.8, 4) is 22.8 Å². The molecule has 1 fully saturated rings. The standard InChI is InChI=1S/C19H20N6O/c1-13(24(2)3)14-5-7-15(8-6-14)16-11-20-12-17(21-16)18-22-23-19(26-18)25-9-4-10-25/h5-8,11-12H,1,4,9-10H2,2-3H3. The van der Waals surface area contributed by atoms with E-state index in [9.17, 15) is 0 Å². The predicted molar refractivity (Wildman–Crippen MR) is 100 cm³/mol. The van der Waals surface area contributed by atoms with Gasteiger partial charge in [-0.05, 0) is 12.0 Å². The van der Waals surface area contributed by atoms with Crippen LogP contribution in [0.2, 0.25) is 0 Å². The molecule has 2 aromatic heterocycles. The second kappa shape index (κ2) is 6.59. The molecule has 0 saturated carbocycles. The van der Waals surface area contributed by atoms with E-state index in [1.165, 1.54) is 0 Å². The summed E-state index contributed by atoms with van der Waals surface area (Å²) in [6.07, 6.45) is 4.52. The first-order valence-electron chi connectivity index (χ1n) is 8.50. The largest absolute Gasteiger partial charge is 0.401 e. The van der Waals surface area contributed by atoms with E-state index in [-0.39, 0.29) is 0 Å². The van der Waals surface area contributed by atoms with Crippen LogP contribution in [0.5, 0.6) is 0 Å². The second-order valence-corrected chi connectivity index (χ2v) is 6.44. The van der Waals surface area contributed by atoms with Gasteiger partial charge in [0, 0.05) is 38.4 Å². The van der Waals surface area contributed by atoms with Crippen molar-refractivity contribution in [3.05, 3.63) is 48.8 Å². The minimum Gasteiger partial charge on any atom is -0.401 e. The number of rotatable bonds is 5. The van der Waals surface area contributed by atoms with Gasteiger partial charge < -0.3 is 14.2 Å². The molecular formula is C19H20N6O. The predicted octanol–water partition coefficient (Wildman–Crippen LogP) is 2.94. The Hall–Kier alpha value is -3.22. The molecule has 0 N–H and O–H groups in total. The summed E-state index contributed by atoms with van der Waals surface area (Å²) in [6, 6.07) is 8.63. The molecule has 4 rings (SSSR count). The fourth-order valence-electron chi connectivity index (χ4n) is 2.65. The number of aromatic nitrogens is 4. The van der Waals surface area contributed by atoms with Crippen LogP contribution < -0.4 is 4.90 Å². The highest BCUT2D eigenvalue weighted by atomic mass is 16.4. The summed E-state index contributed by atoms with van der Waals surface area (Å²) >= 11 is 0. The lowest BCUT2D eigenvalue weighted by Gasteiger charge is -2.28. The van der Waals surface area contributed by atoms with Crippen LogP contribution >= 0.6 is 0 Å². The van der Waals surface area contributed by atoms with Gasteiger partial charge in [-0.1, -0.05) is 35.9 Å². The normalized spacial score (nSPS) is 13.4. The smallest absolute Gasteiger partial charge is 0.318 e. The molecule has 0 atom stereocenters. The van der Waals surface area contributed by atoms with Crippen LogP contribution in [0.15, 0.2) is 47.7 Å². The number of benzene rings is 1. The molecule has 3 aromatic rings. The number of anilines is 1. The van der Waals surface area contributed by atoms with Gasteiger partial charge in [0.05, 0.1) is 18.1 Å². The first kappa shape index (κ1) is 16.3. The Kier molecular flexibility index (Phi) is 4.12. The summed E-state index contributed by atoms with van der Waals surface area (Å²) in [6.45, 7) is 5.99. The molecule has 26 heavy (non-hydrogen) atoms. The van der Waals surface area contributed by atoms with Crippen molar-refractivity contribution in [2.75, 3.05) is 32.1 Å². The van der Waals surface area contributed by atoms with Crippen molar-refractivity contribution < 1.29 is 4.42 Å². The Labute approximate surface area is 152 Å². The molecule has 0 spiro atoms. The highest BCUT2D eigenvalue weighted by Gasteiger charge is 2.21. The summed E-state index contributed by atoms with van der Waals surface area (Å²) < 4.78 is 5.73. The van der Waals surface area contributed by atoms with Crippen molar-refractivity contribution in [3.63, 3.8) is 0 Å². The van der Waals surface area contributed by atoms with Crippen LogP contribution in [0.1, 0.15) is 12.0 Å². The molecule has 1 aromatic carbocycles. The molecule has 1 aliphatic rings. The van der Waals surface area contributed by atoms with E-state index in [0.717, 1.165) is 42.0 Å². The molecule has 0 bridgehead atoms. The van der Waals surface area contributed by atoms with Gasteiger partial charge in [-0.2, -0.15) is 0 Å². The van der Waals surface area contributed by atoms with Crippen molar-refractivity contribution in [1.29, 1.82) is 0 Å². The van der Waals surface area contributed by atoms with Gasteiger partial charge in [0.15, 0.2) is 0 Å². The molecule has 1 aliphatic heterocycles. The van der Waals surface area contributed by atoms with Crippen LogP contribution in [-0.2, 0) is 0 Å². The lowest BCUT2D eigenvalue weighted by Crippen LogP contribution is -2.37. The van der Waals surface area contributed by atoms with Crippen LogP contribution in [0.3, 0.4) is 0 Å². The Morgan fingerprint density at radius 1 is 1.08 bits per heavy atom. The number of nitrogens with zero attached hydrogens (tertiary/aromatic N) is 6. The average molecular weight is 348 g/mol. The minimum absolute atomic E-state index is 0.388. The second-order valence-electron chi connectivity index (χ2n) is 6.44. The van der Waals surface area contributed by atoms with Gasteiger partial charge in [0.1, 0.15) is 5.69 Å². The third-order valence-electron chi connectivity index (χ3n) is 4.45. The third kappa shape index (κ3) is 3.03. The number of hydrogen-bond acceptors (Lipinski definition) is 7. The van der Waals surface area contributed by atoms with Crippen LogP contribution in [-0.4, -0.2) is 52.3 Å². The lowest BCUT2D eigenvalue weighted by atomic mass is 10.1. The van der Waals surface area contributed by atoms with E-state index in [4.69, 9.17) is 4.42 Å². The zero-order valence-electron chi connectivity index (χ0n) is 14.9. The van der Waals surface area contributed by atoms with E-state index in [2.05, 4.69) is 26.7 Å². The molecule has 132 valence electrons. The Bertz CT molecular complexity index is 927. The SMILES string of the molecule is C=C(c1ccc(-c2cncc(-c3nnc(N4CCC4)o3)n2)cc1)N(C)C. The van der Waals surface area contributed by atoms with E-state index in [1.807, 2.05) is 48.2 Å². The van der Waals surface area contributed by atoms with Crippen molar-refractivity contribution in [1.82, 2.24) is 25.1 Å². The molecule has 3 heterocycles. The molecule has 0 amide bonds. The Morgan fingerprint density at radius 3 is 2.46 bits per heavy atom. The van der Waals surface area contributed by atoms with Crippen molar-refractivity contribution in [2.45, 2.75) is 6.42 Å². The first-order valence-corrected chi connectivity index (χ1v) is 8.50. The summed E-state index contributed by atoms with van der Waals surface area (Å²) in [5.74, 6) is 0.388. The van der Waals surface area contributed by atoms with Gasteiger partial charge in [-0.25, -0.2) is 4.98 Å². The fourth-order valence-corrected chi connectivity index (χ4v) is 2.65. The number of hydrogen-bond donors (Lipinski definition) is 0. The molecule has 7 nitrogen and oxygen atoms in total. The van der Waals surface area contributed by atoms with Gasteiger partial charge in [-0.3, -0.25) is 4.98 Å². The van der Waals surface area contributed by atoms with Gasteiger partial charge in [0.25, 0.3) is 5.89 Å². The molecule has 0 radical (unpaired) electrons. The van der Waals surface area contributed by atoms with Gasteiger partial charge in [0.2, 0.25) is 0 Å². The minimum atomic E-state index is 0.388. The zero-order chi connectivity index (χ0) is 18.1. The molecule has 1 saturated heterocycles. The van der Waals surface area contributed by atoms with E-state index < -0.39 is 0 Å². The lowest BCUT2D eigenvalue weighted by molar-refractivity contribution is 0.495. The highest BCUT2D eigenvalue weighted by molar-refractivity contribution is 5.67. The summed E-state index contributed by atoms with van der Waals surface area (Å²) in [5.41, 5.74) is 4.33. The molecule has 0 aliphatic carbocycles. The van der Waals surface area contributed by atoms with E-state index in [0.29, 0.717) is 17.6 Å². The maximum atomic E-state index is 5.73. The molecular weight excluding hydrogens is 328 g/mol. The molecule has 7 heteroatoms. The topological polar surface area (TPSA) is 71.2 Å². The van der Waals surface area contributed by atoms with Crippen molar-refractivity contribution in [2.24, 2.45) is 0 Å². The van der Waals surface area contributed by atoms with Gasteiger partial charge >= 0.3 is 6.01 Å². The van der Waals surface area contributed by atoms with E-state index in [1.54, 1.807) is 12.4 Å². The summed E-state index contributed by atoms with van der Waals surface area (Å²) in [4.78, 5) is 12.9. The van der Waals surface area contributed by atoms with Crippen LogP contribution in [0.4, 0.5) is 6.01 Å². The van der Waals surface area contributed by atoms with Gasteiger partial charge in [-0.15, -0.1) is 5.10 Å². The van der Waals surface area contributed by atoms with Crippen molar-refractivity contribution >= 4 is 11.7 Å². The summed E-state index contributed by atoms with van der Waals surface area (Å²) in [7, 11) is 3.95. The molecule has 0 unspecified atom stereocenters. The zero-order valence-corrected chi connectivity index (χ0v) is 14.9. The maximum Gasteiger partial charge on any atom is 0.318 e. The third-order valence-corrected chi connectivity index (χ3v) is 4.45. The fraction of sp³-hybridized carbons (Fsp3) is 0.263. The quantitative estimate of drug-likeness (QED) is 0.702. The average Bonchev–Trinajstić information content (AvgIpc) is 3.09. The monoisotopic (exact) mass is 348 g/mol. The first-order chi connectivity index (χ1) is 12.6.